The monoisotopic (exact) mass is 288 g/mol. The van der Waals surface area contributed by atoms with Crippen LogP contribution in [0.2, 0.25) is 0 Å². The Morgan fingerprint density at radius 3 is 2.45 bits per heavy atom. The smallest absolute Gasteiger partial charge is 0.344 e. The van der Waals surface area contributed by atoms with Gasteiger partial charge in [0.05, 0.1) is 5.56 Å². The van der Waals surface area contributed by atoms with Crippen molar-refractivity contribution >= 4 is 22.5 Å². The second kappa shape index (κ2) is 5.04. The van der Waals surface area contributed by atoms with E-state index in [-0.39, 0.29) is 5.97 Å². The van der Waals surface area contributed by atoms with Crippen molar-refractivity contribution in [2.75, 3.05) is 0 Å². The first-order chi connectivity index (χ1) is 10.8. The Morgan fingerprint density at radius 2 is 1.55 bits per heavy atom. The van der Waals surface area contributed by atoms with E-state index in [0.29, 0.717) is 11.3 Å². The lowest BCUT2D eigenvalue weighted by Gasteiger charge is -2.06. The maximum Gasteiger partial charge on any atom is 0.344 e. The van der Waals surface area contributed by atoms with Crippen molar-refractivity contribution in [2.45, 2.75) is 0 Å². The SMILES string of the molecule is O=C1O/C(=C\Oc2cccc3ccccc23)c2ccccc21. The molecule has 3 nitrogen and oxygen atoms in total. The first kappa shape index (κ1) is 12.7. The molecular weight excluding hydrogens is 276 g/mol. The lowest BCUT2D eigenvalue weighted by molar-refractivity contribution is 0.0712. The lowest BCUT2D eigenvalue weighted by Crippen LogP contribution is -1.93. The van der Waals surface area contributed by atoms with Crippen molar-refractivity contribution < 1.29 is 14.3 Å². The summed E-state index contributed by atoms with van der Waals surface area (Å²) in [5, 5.41) is 2.11. The van der Waals surface area contributed by atoms with Gasteiger partial charge in [-0.2, -0.15) is 0 Å². The predicted molar refractivity (Wildman–Crippen MR) is 84.4 cm³/mol. The van der Waals surface area contributed by atoms with Gasteiger partial charge in [-0.25, -0.2) is 4.79 Å². The van der Waals surface area contributed by atoms with Gasteiger partial charge in [0.15, 0.2) is 5.76 Å². The van der Waals surface area contributed by atoms with Gasteiger partial charge in [0.25, 0.3) is 0 Å². The molecule has 1 aliphatic rings. The van der Waals surface area contributed by atoms with Crippen LogP contribution in [0.1, 0.15) is 15.9 Å². The molecule has 106 valence electrons. The minimum Gasteiger partial charge on any atom is -0.460 e. The molecule has 0 saturated heterocycles. The molecule has 4 rings (SSSR count). The zero-order valence-electron chi connectivity index (χ0n) is 11.7. The van der Waals surface area contributed by atoms with Crippen LogP contribution in [0, 0.1) is 0 Å². The molecule has 1 heterocycles. The summed E-state index contributed by atoms with van der Waals surface area (Å²) in [6.45, 7) is 0. The van der Waals surface area contributed by atoms with Crippen LogP contribution in [0.4, 0.5) is 0 Å². The Morgan fingerprint density at radius 1 is 0.818 bits per heavy atom. The second-order valence-electron chi connectivity index (χ2n) is 5.01. The molecule has 0 aromatic heterocycles. The van der Waals surface area contributed by atoms with E-state index in [2.05, 4.69) is 0 Å². The molecule has 0 N–H and O–H groups in total. The normalized spacial score (nSPS) is 14.9. The van der Waals surface area contributed by atoms with Crippen LogP contribution >= 0.6 is 0 Å². The van der Waals surface area contributed by atoms with Crippen LogP contribution in [0.5, 0.6) is 5.75 Å². The summed E-state index contributed by atoms with van der Waals surface area (Å²) in [4.78, 5) is 11.8. The Balaban J connectivity index is 1.72. The van der Waals surface area contributed by atoms with Gasteiger partial charge in [-0.15, -0.1) is 0 Å². The Labute approximate surface area is 127 Å². The number of fused-ring (bicyclic) bond motifs is 2. The van der Waals surface area contributed by atoms with E-state index in [4.69, 9.17) is 9.47 Å². The maximum atomic E-state index is 11.8. The maximum absolute atomic E-state index is 11.8. The van der Waals surface area contributed by atoms with Crippen LogP contribution in [0.15, 0.2) is 73.0 Å². The second-order valence-corrected chi connectivity index (χ2v) is 5.01. The largest absolute Gasteiger partial charge is 0.460 e. The van der Waals surface area contributed by atoms with E-state index < -0.39 is 0 Å². The van der Waals surface area contributed by atoms with E-state index in [1.165, 1.54) is 6.26 Å². The molecule has 0 aliphatic carbocycles. The van der Waals surface area contributed by atoms with Crippen molar-refractivity contribution in [1.82, 2.24) is 0 Å². The van der Waals surface area contributed by atoms with E-state index >= 15 is 0 Å². The van der Waals surface area contributed by atoms with Crippen LogP contribution < -0.4 is 4.74 Å². The molecule has 0 fully saturated rings. The van der Waals surface area contributed by atoms with Gasteiger partial charge in [-0.3, -0.25) is 0 Å². The quantitative estimate of drug-likeness (QED) is 0.518. The Hall–Kier alpha value is -3.07. The molecular formula is C19H12O3. The third-order valence-corrected chi connectivity index (χ3v) is 3.66. The lowest BCUT2D eigenvalue weighted by atomic mass is 10.1. The molecule has 0 bridgehead atoms. The molecule has 0 atom stereocenters. The number of cyclic esters (lactones) is 1. The fraction of sp³-hybridized carbons (Fsp3) is 0. The summed E-state index contributed by atoms with van der Waals surface area (Å²) in [6.07, 6.45) is 1.49. The topological polar surface area (TPSA) is 35.5 Å². The summed E-state index contributed by atoms with van der Waals surface area (Å²) in [5.41, 5.74) is 1.32. The highest BCUT2D eigenvalue weighted by molar-refractivity contribution is 6.02. The summed E-state index contributed by atoms with van der Waals surface area (Å²) in [6, 6.07) is 21.1. The standard InChI is InChI=1S/C19H12O3/c20-19-16-10-4-3-9-15(16)18(22-19)12-21-17-11-5-7-13-6-1-2-8-14(13)17/h1-12H/b18-12-. The molecule has 3 aromatic carbocycles. The Bertz CT molecular complexity index is 904. The number of hydrogen-bond acceptors (Lipinski definition) is 3. The van der Waals surface area contributed by atoms with Gasteiger partial charge in [0.1, 0.15) is 12.0 Å². The molecule has 3 aromatic rings. The third kappa shape index (κ3) is 2.04. The number of benzene rings is 3. The average molecular weight is 288 g/mol. The van der Waals surface area contributed by atoms with Crippen molar-refractivity contribution in [3.8, 4) is 5.75 Å². The van der Waals surface area contributed by atoms with Crippen LogP contribution in [-0.2, 0) is 4.74 Å². The summed E-state index contributed by atoms with van der Waals surface area (Å²) < 4.78 is 11.0. The van der Waals surface area contributed by atoms with E-state index in [0.717, 1.165) is 22.1 Å². The van der Waals surface area contributed by atoms with Crippen molar-refractivity contribution in [3.05, 3.63) is 84.1 Å². The first-order valence-corrected chi connectivity index (χ1v) is 6.99. The van der Waals surface area contributed by atoms with Crippen molar-refractivity contribution in [3.63, 3.8) is 0 Å². The Kier molecular flexibility index (Phi) is 2.90. The van der Waals surface area contributed by atoms with Crippen molar-refractivity contribution in [2.24, 2.45) is 0 Å². The summed E-state index contributed by atoms with van der Waals surface area (Å²) in [7, 11) is 0. The van der Waals surface area contributed by atoms with Crippen LogP contribution in [0.3, 0.4) is 0 Å². The van der Waals surface area contributed by atoms with Crippen molar-refractivity contribution in [1.29, 1.82) is 0 Å². The number of rotatable bonds is 2. The van der Waals surface area contributed by atoms with E-state index in [9.17, 15) is 4.79 Å². The van der Waals surface area contributed by atoms with Gasteiger partial charge in [0, 0.05) is 10.9 Å². The zero-order chi connectivity index (χ0) is 14.9. The fourth-order valence-corrected chi connectivity index (χ4v) is 2.59. The number of hydrogen-bond donors (Lipinski definition) is 0. The summed E-state index contributed by atoms with van der Waals surface area (Å²) in [5.74, 6) is 0.822. The zero-order valence-corrected chi connectivity index (χ0v) is 11.7. The predicted octanol–water partition coefficient (Wildman–Crippen LogP) is 4.39. The van der Waals surface area contributed by atoms with Gasteiger partial charge < -0.3 is 9.47 Å². The van der Waals surface area contributed by atoms with Gasteiger partial charge in [0.2, 0.25) is 0 Å². The van der Waals surface area contributed by atoms with Gasteiger partial charge >= 0.3 is 5.97 Å². The highest BCUT2D eigenvalue weighted by atomic mass is 16.6. The van der Waals surface area contributed by atoms with Crippen LogP contribution in [-0.4, -0.2) is 5.97 Å². The third-order valence-electron chi connectivity index (χ3n) is 3.66. The highest BCUT2D eigenvalue weighted by Crippen LogP contribution is 2.31. The first-order valence-electron chi connectivity index (χ1n) is 6.99. The number of esters is 1. The molecule has 1 aliphatic heterocycles. The molecule has 0 radical (unpaired) electrons. The fourth-order valence-electron chi connectivity index (χ4n) is 2.59. The van der Waals surface area contributed by atoms with Gasteiger partial charge in [-0.1, -0.05) is 54.6 Å². The van der Waals surface area contributed by atoms with E-state index in [1.54, 1.807) is 6.07 Å². The minimum absolute atomic E-state index is 0.344. The number of carbonyl (C=O) groups excluding carboxylic acids is 1. The molecule has 0 spiro atoms. The number of ether oxygens (including phenoxy) is 2. The number of carbonyl (C=O) groups is 1. The molecule has 3 heteroatoms. The summed E-state index contributed by atoms with van der Waals surface area (Å²) >= 11 is 0. The van der Waals surface area contributed by atoms with Crippen LogP contribution in [0.25, 0.3) is 16.5 Å². The van der Waals surface area contributed by atoms with Gasteiger partial charge in [-0.05, 0) is 17.5 Å². The minimum atomic E-state index is -0.344. The average Bonchev–Trinajstić information content (AvgIpc) is 2.89. The van der Waals surface area contributed by atoms with E-state index in [1.807, 2.05) is 60.7 Å². The molecule has 0 amide bonds. The molecule has 22 heavy (non-hydrogen) atoms. The highest BCUT2D eigenvalue weighted by Gasteiger charge is 2.26. The molecule has 0 unspecified atom stereocenters. The molecule has 0 saturated carbocycles.